The number of allylic oxidation sites excluding steroid dienone is 1. The molecule has 0 amide bonds. The minimum atomic E-state index is -1.02. The van der Waals surface area contributed by atoms with Gasteiger partial charge in [0.15, 0.2) is 0 Å². The molecular formula is C11H8ClFO2. The van der Waals surface area contributed by atoms with E-state index < -0.39 is 11.8 Å². The number of fused-ring (bicyclic) bond motifs is 1. The van der Waals surface area contributed by atoms with Gasteiger partial charge in [0.2, 0.25) is 0 Å². The summed E-state index contributed by atoms with van der Waals surface area (Å²) in [7, 11) is 0. The Morgan fingerprint density at radius 3 is 2.87 bits per heavy atom. The zero-order chi connectivity index (χ0) is 11.0. The van der Waals surface area contributed by atoms with Crippen LogP contribution in [0.4, 0.5) is 4.39 Å². The first-order chi connectivity index (χ1) is 7.08. The van der Waals surface area contributed by atoms with Gasteiger partial charge in [0.25, 0.3) is 0 Å². The van der Waals surface area contributed by atoms with Crippen LogP contribution in [0.1, 0.15) is 17.5 Å². The molecule has 0 fully saturated rings. The van der Waals surface area contributed by atoms with E-state index in [0.717, 1.165) is 11.6 Å². The van der Waals surface area contributed by atoms with Crippen LogP contribution >= 0.6 is 11.6 Å². The highest BCUT2D eigenvalue weighted by Gasteiger charge is 2.20. The molecule has 0 bridgehead atoms. The van der Waals surface area contributed by atoms with Crippen LogP contribution in [0.2, 0.25) is 5.02 Å². The second-order valence-corrected chi connectivity index (χ2v) is 3.83. The van der Waals surface area contributed by atoms with E-state index in [4.69, 9.17) is 16.7 Å². The van der Waals surface area contributed by atoms with Crippen molar-refractivity contribution < 1.29 is 14.3 Å². The Hall–Kier alpha value is -1.35. The van der Waals surface area contributed by atoms with E-state index >= 15 is 0 Å². The van der Waals surface area contributed by atoms with Crippen molar-refractivity contribution in [2.45, 2.75) is 12.8 Å². The number of carbonyl (C=O) groups is 1. The number of halogens is 2. The highest BCUT2D eigenvalue weighted by Crippen LogP contribution is 2.36. The summed E-state index contributed by atoms with van der Waals surface area (Å²) in [6, 6.07) is 2.59. The average molecular weight is 227 g/mol. The molecule has 0 unspecified atom stereocenters. The molecule has 1 aromatic rings. The van der Waals surface area contributed by atoms with Crippen molar-refractivity contribution in [3.05, 3.63) is 40.2 Å². The summed E-state index contributed by atoms with van der Waals surface area (Å²) in [6.45, 7) is 0. The van der Waals surface area contributed by atoms with Gasteiger partial charge >= 0.3 is 5.97 Å². The quantitative estimate of drug-likeness (QED) is 0.748. The van der Waals surface area contributed by atoms with Crippen molar-refractivity contribution in [3.63, 3.8) is 0 Å². The van der Waals surface area contributed by atoms with Crippen LogP contribution in [0.25, 0.3) is 5.57 Å². The van der Waals surface area contributed by atoms with Gasteiger partial charge in [-0.1, -0.05) is 11.6 Å². The van der Waals surface area contributed by atoms with Gasteiger partial charge in [0, 0.05) is 11.1 Å². The Bertz CT molecular complexity index is 466. The van der Waals surface area contributed by atoms with E-state index in [1.165, 1.54) is 12.1 Å². The van der Waals surface area contributed by atoms with Gasteiger partial charge in [-0.15, -0.1) is 0 Å². The molecule has 1 aliphatic carbocycles. The second-order valence-electron chi connectivity index (χ2n) is 3.42. The minimum Gasteiger partial charge on any atom is -0.478 e. The molecule has 78 valence electrons. The number of carboxylic acid groups (broad SMARTS) is 1. The number of hydrogen-bond acceptors (Lipinski definition) is 1. The van der Waals surface area contributed by atoms with Crippen molar-refractivity contribution in [2.24, 2.45) is 0 Å². The second kappa shape index (κ2) is 3.66. The zero-order valence-corrected chi connectivity index (χ0v) is 8.51. The van der Waals surface area contributed by atoms with E-state index in [1.807, 2.05) is 0 Å². The maximum Gasteiger partial charge on any atom is 0.328 e. The maximum atomic E-state index is 13.1. The van der Waals surface area contributed by atoms with Crippen LogP contribution in [0.3, 0.4) is 0 Å². The molecule has 1 N–H and O–H groups in total. The Labute approximate surface area is 91.0 Å². The van der Waals surface area contributed by atoms with Crippen LogP contribution in [-0.2, 0) is 11.2 Å². The van der Waals surface area contributed by atoms with Gasteiger partial charge in [-0.2, -0.15) is 0 Å². The molecule has 0 heterocycles. The molecule has 2 nitrogen and oxygen atoms in total. The topological polar surface area (TPSA) is 37.3 Å². The molecule has 2 rings (SSSR count). The van der Waals surface area contributed by atoms with Crippen molar-refractivity contribution in [1.29, 1.82) is 0 Å². The molecule has 1 aromatic carbocycles. The molecule has 0 spiro atoms. The van der Waals surface area contributed by atoms with Crippen molar-refractivity contribution >= 4 is 23.1 Å². The minimum absolute atomic E-state index is 0.374. The fourth-order valence-corrected chi connectivity index (χ4v) is 2.14. The normalized spacial score (nSPS) is 16.8. The molecule has 4 heteroatoms. The van der Waals surface area contributed by atoms with Gasteiger partial charge in [-0.25, -0.2) is 9.18 Å². The third-order valence-electron chi connectivity index (χ3n) is 2.45. The molecule has 0 saturated heterocycles. The monoisotopic (exact) mass is 226 g/mol. The first-order valence-corrected chi connectivity index (χ1v) is 4.87. The van der Waals surface area contributed by atoms with Crippen LogP contribution in [0.15, 0.2) is 18.2 Å². The predicted octanol–water partition coefficient (Wildman–Crippen LogP) is 2.89. The lowest BCUT2D eigenvalue weighted by atomic mass is 10.1. The maximum absolute atomic E-state index is 13.1. The third-order valence-corrected chi connectivity index (χ3v) is 2.79. The first kappa shape index (κ1) is 10.2. The molecular weight excluding hydrogens is 219 g/mol. The van der Waals surface area contributed by atoms with E-state index in [1.54, 1.807) is 0 Å². The summed E-state index contributed by atoms with van der Waals surface area (Å²) in [5.41, 5.74) is 2.10. The highest BCUT2D eigenvalue weighted by molar-refractivity contribution is 6.31. The van der Waals surface area contributed by atoms with E-state index in [0.29, 0.717) is 29.0 Å². The van der Waals surface area contributed by atoms with Crippen LogP contribution in [0.5, 0.6) is 0 Å². The lowest BCUT2D eigenvalue weighted by Crippen LogP contribution is -1.91. The lowest BCUT2D eigenvalue weighted by Gasteiger charge is -2.02. The van der Waals surface area contributed by atoms with E-state index in [9.17, 15) is 9.18 Å². The van der Waals surface area contributed by atoms with E-state index in [-0.39, 0.29) is 0 Å². The summed E-state index contributed by atoms with van der Waals surface area (Å²) in [5, 5.41) is 9.01. The van der Waals surface area contributed by atoms with Crippen molar-refractivity contribution in [1.82, 2.24) is 0 Å². The summed E-state index contributed by atoms with van der Waals surface area (Å²) in [5.74, 6) is -1.45. The SMILES string of the molecule is O=C(O)/C=C1\CCc2c(Cl)cc(F)cc21. The molecule has 0 atom stereocenters. The number of rotatable bonds is 1. The molecule has 0 aromatic heterocycles. The smallest absolute Gasteiger partial charge is 0.328 e. The Balaban J connectivity index is 2.55. The standard InChI is InChI=1S/C11H8ClFO2/c12-10-5-7(13)4-9-6(3-11(14)15)1-2-8(9)10/h3-5H,1-2H2,(H,14,15)/b6-3+. The number of carboxylic acids is 1. The Morgan fingerprint density at radius 1 is 1.47 bits per heavy atom. The molecule has 0 aliphatic heterocycles. The predicted molar refractivity (Wildman–Crippen MR) is 55.3 cm³/mol. The van der Waals surface area contributed by atoms with Gasteiger partial charge < -0.3 is 5.11 Å². The number of benzene rings is 1. The largest absolute Gasteiger partial charge is 0.478 e. The van der Waals surface area contributed by atoms with Crippen molar-refractivity contribution in [3.8, 4) is 0 Å². The van der Waals surface area contributed by atoms with E-state index in [2.05, 4.69) is 0 Å². The molecule has 0 radical (unpaired) electrons. The summed E-state index contributed by atoms with van der Waals surface area (Å²) >= 11 is 5.86. The van der Waals surface area contributed by atoms with Gasteiger partial charge in [-0.05, 0) is 41.7 Å². The van der Waals surface area contributed by atoms with Gasteiger partial charge in [0.05, 0.1) is 0 Å². The summed E-state index contributed by atoms with van der Waals surface area (Å²) in [6.07, 6.45) is 2.39. The fourth-order valence-electron chi connectivity index (χ4n) is 1.84. The number of aliphatic carboxylic acids is 1. The highest BCUT2D eigenvalue weighted by atomic mass is 35.5. The summed E-state index contributed by atoms with van der Waals surface area (Å²) in [4.78, 5) is 10.5. The first-order valence-electron chi connectivity index (χ1n) is 4.49. The van der Waals surface area contributed by atoms with Crippen molar-refractivity contribution in [2.75, 3.05) is 0 Å². The fraction of sp³-hybridized carbons (Fsp3) is 0.182. The summed E-state index contributed by atoms with van der Waals surface area (Å²) < 4.78 is 13.1. The van der Waals surface area contributed by atoms with Gasteiger partial charge in [-0.3, -0.25) is 0 Å². The van der Waals surface area contributed by atoms with Gasteiger partial charge in [0.1, 0.15) is 5.82 Å². The average Bonchev–Trinajstić information content (AvgIpc) is 2.48. The Morgan fingerprint density at radius 2 is 2.20 bits per heavy atom. The third kappa shape index (κ3) is 1.88. The Kier molecular flexibility index (Phi) is 2.49. The zero-order valence-electron chi connectivity index (χ0n) is 7.76. The molecule has 0 saturated carbocycles. The number of hydrogen-bond donors (Lipinski definition) is 1. The van der Waals surface area contributed by atoms with Crippen LogP contribution in [-0.4, -0.2) is 11.1 Å². The van der Waals surface area contributed by atoms with Crippen LogP contribution in [0, 0.1) is 5.82 Å². The molecule has 1 aliphatic rings. The lowest BCUT2D eigenvalue weighted by molar-refractivity contribution is -0.131. The molecule has 15 heavy (non-hydrogen) atoms. The van der Waals surface area contributed by atoms with Crippen LogP contribution < -0.4 is 0 Å².